The van der Waals surface area contributed by atoms with Crippen LogP contribution < -0.4 is 10.6 Å². The molecule has 0 unspecified atom stereocenters. The van der Waals surface area contributed by atoms with Crippen LogP contribution in [0.15, 0.2) is 12.1 Å². The number of benzene rings is 1. The number of nitrogens with one attached hydrogen (secondary N) is 2. The average Bonchev–Trinajstić information content (AvgIpc) is 2.94. The van der Waals surface area contributed by atoms with E-state index in [1.165, 1.54) is 0 Å². The number of carbonyl (C=O) groups is 2. The molecule has 1 saturated heterocycles. The first-order valence-corrected chi connectivity index (χ1v) is 7.44. The molecule has 1 heterocycles. The molecule has 5 nitrogen and oxygen atoms in total. The Balaban J connectivity index is 1.88. The number of nitrogens with zero attached hydrogens (tertiary/aromatic N) is 1. The van der Waals surface area contributed by atoms with E-state index in [9.17, 15) is 9.59 Å². The van der Waals surface area contributed by atoms with E-state index >= 15 is 0 Å². The highest BCUT2D eigenvalue weighted by atomic mass is 35.5. The third-order valence-electron chi connectivity index (χ3n) is 3.53. The van der Waals surface area contributed by atoms with Crippen molar-refractivity contribution in [3.63, 3.8) is 0 Å². The van der Waals surface area contributed by atoms with Crippen LogP contribution in [0.2, 0.25) is 5.02 Å². The molecule has 0 aromatic heterocycles. The van der Waals surface area contributed by atoms with E-state index in [0.717, 1.165) is 37.1 Å². The lowest BCUT2D eigenvalue weighted by molar-refractivity contribution is -0.128. The molecule has 1 aliphatic heterocycles. The predicted molar refractivity (Wildman–Crippen MR) is 83.8 cm³/mol. The molecule has 0 aliphatic carbocycles. The maximum Gasteiger partial charge on any atom is 0.319 e. The van der Waals surface area contributed by atoms with E-state index in [1.807, 2.05) is 19.9 Å². The number of hydrogen-bond donors (Lipinski definition) is 2. The van der Waals surface area contributed by atoms with Gasteiger partial charge < -0.3 is 15.5 Å². The molecule has 2 N–H and O–H groups in total. The van der Waals surface area contributed by atoms with E-state index in [2.05, 4.69) is 10.6 Å². The van der Waals surface area contributed by atoms with Crippen molar-refractivity contribution in [2.75, 3.05) is 25.0 Å². The van der Waals surface area contributed by atoms with E-state index in [-0.39, 0.29) is 12.5 Å². The summed E-state index contributed by atoms with van der Waals surface area (Å²) >= 11 is 6.13. The fourth-order valence-electron chi connectivity index (χ4n) is 2.47. The second-order valence-electron chi connectivity index (χ2n) is 5.33. The first-order chi connectivity index (χ1) is 9.97. The summed E-state index contributed by atoms with van der Waals surface area (Å²) in [4.78, 5) is 25.5. The Morgan fingerprint density at radius 2 is 1.90 bits per heavy atom. The number of rotatable bonds is 3. The Morgan fingerprint density at radius 3 is 2.52 bits per heavy atom. The number of halogens is 1. The lowest BCUT2D eigenvalue weighted by Crippen LogP contribution is -2.40. The molecule has 2 rings (SSSR count). The molecule has 1 aromatic rings. The number of urea groups is 1. The number of aryl methyl sites for hydroxylation is 2. The first kappa shape index (κ1) is 15.6. The van der Waals surface area contributed by atoms with Crippen molar-refractivity contribution in [1.29, 1.82) is 0 Å². The monoisotopic (exact) mass is 309 g/mol. The maximum atomic E-state index is 11.9. The van der Waals surface area contributed by atoms with E-state index in [0.29, 0.717) is 10.7 Å². The van der Waals surface area contributed by atoms with E-state index < -0.39 is 6.03 Å². The zero-order chi connectivity index (χ0) is 15.4. The molecular formula is C15H20ClN3O2. The second kappa shape index (κ2) is 6.80. The van der Waals surface area contributed by atoms with Gasteiger partial charge in [0, 0.05) is 13.1 Å². The number of hydrogen-bond acceptors (Lipinski definition) is 2. The highest BCUT2D eigenvalue weighted by Gasteiger charge is 2.18. The molecule has 0 spiro atoms. The number of anilines is 1. The smallest absolute Gasteiger partial charge is 0.319 e. The van der Waals surface area contributed by atoms with Crippen LogP contribution in [0.3, 0.4) is 0 Å². The average molecular weight is 310 g/mol. The van der Waals surface area contributed by atoms with Gasteiger partial charge in [0.05, 0.1) is 17.3 Å². The molecule has 21 heavy (non-hydrogen) atoms. The quantitative estimate of drug-likeness (QED) is 0.902. The summed E-state index contributed by atoms with van der Waals surface area (Å²) in [7, 11) is 0. The normalized spacial score (nSPS) is 14.1. The fourth-order valence-corrected chi connectivity index (χ4v) is 2.83. The number of likely N-dealkylation sites (tertiary alicyclic amines) is 1. The molecular weight excluding hydrogens is 290 g/mol. The summed E-state index contributed by atoms with van der Waals surface area (Å²) in [6, 6.07) is 3.31. The van der Waals surface area contributed by atoms with Gasteiger partial charge in [0.2, 0.25) is 5.91 Å². The van der Waals surface area contributed by atoms with Crippen molar-refractivity contribution in [2.24, 2.45) is 0 Å². The lowest BCUT2D eigenvalue weighted by atomic mass is 10.1. The third-order valence-corrected chi connectivity index (χ3v) is 3.83. The van der Waals surface area contributed by atoms with Gasteiger partial charge in [0.25, 0.3) is 0 Å². The van der Waals surface area contributed by atoms with Gasteiger partial charge in [-0.2, -0.15) is 0 Å². The van der Waals surface area contributed by atoms with Crippen molar-refractivity contribution in [3.05, 3.63) is 28.3 Å². The van der Waals surface area contributed by atoms with Crippen LogP contribution in [0.5, 0.6) is 0 Å². The summed E-state index contributed by atoms with van der Waals surface area (Å²) in [5.41, 5.74) is 2.50. The summed E-state index contributed by atoms with van der Waals surface area (Å²) in [6.07, 6.45) is 2.08. The summed E-state index contributed by atoms with van der Waals surface area (Å²) < 4.78 is 0. The van der Waals surface area contributed by atoms with Crippen molar-refractivity contribution in [3.8, 4) is 0 Å². The maximum absolute atomic E-state index is 11.9. The largest absolute Gasteiger partial charge is 0.341 e. The Kier molecular flexibility index (Phi) is 5.07. The fraction of sp³-hybridized carbons (Fsp3) is 0.467. The van der Waals surface area contributed by atoms with E-state index in [1.54, 1.807) is 11.0 Å². The standard InChI is InChI=1S/C15H20ClN3O2/c1-10-7-11(2)14(12(16)8-10)18-15(21)17-9-13(20)19-5-3-4-6-19/h7-8H,3-6,9H2,1-2H3,(H2,17,18,21). The zero-order valence-corrected chi connectivity index (χ0v) is 13.1. The Morgan fingerprint density at radius 1 is 1.24 bits per heavy atom. The van der Waals surface area contributed by atoms with Gasteiger partial charge in [-0.3, -0.25) is 4.79 Å². The van der Waals surface area contributed by atoms with Gasteiger partial charge in [-0.1, -0.05) is 17.7 Å². The molecule has 1 aliphatic rings. The molecule has 0 radical (unpaired) electrons. The summed E-state index contributed by atoms with van der Waals surface area (Å²) in [6.45, 7) is 5.39. The summed E-state index contributed by atoms with van der Waals surface area (Å²) in [5, 5.41) is 5.77. The van der Waals surface area contributed by atoms with Crippen LogP contribution in [-0.4, -0.2) is 36.5 Å². The van der Waals surface area contributed by atoms with Crippen molar-refractivity contribution in [1.82, 2.24) is 10.2 Å². The van der Waals surface area contributed by atoms with Crippen LogP contribution in [0.1, 0.15) is 24.0 Å². The Labute approximate surface area is 129 Å². The zero-order valence-electron chi connectivity index (χ0n) is 12.3. The number of amides is 3. The van der Waals surface area contributed by atoms with Gasteiger partial charge in [-0.05, 0) is 43.9 Å². The van der Waals surface area contributed by atoms with Crippen molar-refractivity contribution in [2.45, 2.75) is 26.7 Å². The first-order valence-electron chi connectivity index (χ1n) is 7.07. The lowest BCUT2D eigenvalue weighted by Gasteiger charge is -2.16. The van der Waals surface area contributed by atoms with Gasteiger partial charge in [0.1, 0.15) is 0 Å². The molecule has 3 amide bonds. The third kappa shape index (κ3) is 4.11. The minimum atomic E-state index is -0.420. The molecule has 0 bridgehead atoms. The highest BCUT2D eigenvalue weighted by Crippen LogP contribution is 2.27. The minimum absolute atomic E-state index is 0.00829. The van der Waals surface area contributed by atoms with Crippen LogP contribution in [0.4, 0.5) is 10.5 Å². The van der Waals surface area contributed by atoms with Gasteiger partial charge in [-0.15, -0.1) is 0 Å². The van der Waals surface area contributed by atoms with Gasteiger partial charge in [-0.25, -0.2) is 4.79 Å². The molecule has 6 heteroatoms. The summed E-state index contributed by atoms with van der Waals surface area (Å²) in [5.74, 6) is -0.0469. The molecule has 1 aromatic carbocycles. The van der Waals surface area contributed by atoms with Gasteiger partial charge >= 0.3 is 6.03 Å². The SMILES string of the molecule is Cc1cc(C)c(NC(=O)NCC(=O)N2CCCC2)c(Cl)c1. The Hall–Kier alpha value is -1.75. The van der Waals surface area contributed by atoms with Crippen molar-refractivity contribution < 1.29 is 9.59 Å². The van der Waals surface area contributed by atoms with E-state index in [4.69, 9.17) is 11.6 Å². The second-order valence-corrected chi connectivity index (χ2v) is 5.74. The topological polar surface area (TPSA) is 61.4 Å². The molecule has 1 fully saturated rings. The van der Waals surface area contributed by atoms with Crippen molar-refractivity contribution >= 4 is 29.2 Å². The predicted octanol–water partition coefficient (Wildman–Crippen LogP) is 2.70. The molecule has 114 valence electrons. The van der Waals surface area contributed by atoms with Crippen LogP contribution in [-0.2, 0) is 4.79 Å². The molecule has 0 atom stereocenters. The van der Waals surface area contributed by atoms with Crippen LogP contribution in [0.25, 0.3) is 0 Å². The van der Waals surface area contributed by atoms with Crippen LogP contribution in [0, 0.1) is 13.8 Å². The highest BCUT2D eigenvalue weighted by molar-refractivity contribution is 6.34. The molecule has 0 saturated carbocycles. The Bertz CT molecular complexity index is 531. The number of carbonyl (C=O) groups excluding carboxylic acids is 2. The van der Waals surface area contributed by atoms with Crippen LogP contribution >= 0.6 is 11.6 Å². The minimum Gasteiger partial charge on any atom is -0.341 e. The van der Waals surface area contributed by atoms with Gasteiger partial charge in [0.15, 0.2) is 0 Å².